The lowest BCUT2D eigenvalue weighted by molar-refractivity contribution is -0.111. The molecule has 0 aliphatic carbocycles. The van der Waals surface area contributed by atoms with Crippen LogP contribution >= 0.6 is 0 Å². The lowest BCUT2D eigenvalue weighted by atomic mass is 9.96. The van der Waals surface area contributed by atoms with Gasteiger partial charge in [-0.25, -0.2) is 14.8 Å². The van der Waals surface area contributed by atoms with Gasteiger partial charge in [0.25, 0.3) is 5.91 Å². The smallest absolute Gasteiger partial charge is 0.434 e. The lowest BCUT2D eigenvalue weighted by Crippen LogP contribution is -2.44. The zero-order chi connectivity index (χ0) is 23.8. The van der Waals surface area contributed by atoms with E-state index >= 15 is 0 Å². The SMILES string of the molecule is CCCCCOC(=O)OC[C@H]1O[C@@H](n2cc3c4c(ncnc42)NC(=O)C=C3N)C(C)(O)[C@@H]1O. The highest BCUT2D eigenvalue weighted by Crippen LogP contribution is 2.42. The summed E-state index contributed by atoms with van der Waals surface area (Å²) >= 11 is 0. The van der Waals surface area contributed by atoms with Gasteiger partial charge < -0.3 is 40.0 Å². The molecule has 1 saturated heterocycles. The van der Waals surface area contributed by atoms with E-state index < -0.39 is 36.1 Å². The second-order valence-electron chi connectivity index (χ2n) is 8.27. The second-order valence-corrected chi connectivity index (χ2v) is 8.27. The summed E-state index contributed by atoms with van der Waals surface area (Å²) in [6.45, 7) is 3.37. The van der Waals surface area contributed by atoms with Crippen LogP contribution in [0.4, 0.5) is 10.6 Å². The molecule has 1 amide bonds. The van der Waals surface area contributed by atoms with E-state index in [1.807, 2.05) is 6.92 Å². The zero-order valence-electron chi connectivity index (χ0n) is 18.4. The topological polar surface area (TPSA) is 171 Å². The predicted molar refractivity (Wildman–Crippen MR) is 116 cm³/mol. The Kier molecular flexibility index (Phi) is 6.23. The number of aliphatic hydroxyl groups excluding tert-OH is 1. The molecule has 12 heteroatoms. The Morgan fingerprint density at radius 3 is 2.91 bits per heavy atom. The molecule has 4 atom stereocenters. The number of carbonyl (C=O) groups excluding carboxylic acids is 2. The molecular formula is C21H27N5O7. The molecule has 178 valence electrons. The van der Waals surface area contributed by atoms with Crippen molar-refractivity contribution in [3.63, 3.8) is 0 Å². The summed E-state index contributed by atoms with van der Waals surface area (Å²) in [6, 6.07) is 0. The van der Waals surface area contributed by atoms with Gasteiger partial charge >= 0.3 is 6.16 Å². The van der Waals surface area contributed by atoms with E-state index in [1.165, 1.54) is 23.9 Å². The van der Waals surface area contributed by atoms with Crippen molar-refractivity contribution in [1.82, 2.24) is 14.5 Å². The van der Waals surface area contributed by atoms with E-state index in [0.717, 1.165) is 19.3 Å². The molecular weight excluding hydrogens is 434 g/mol. The molecule has 0 radical (unpaired) electrons. The quantitative estimate of drug-likeness (QED) is 0.345. The number of nitrogens with one attached hydrogen (secondary N) is 1. The summed E-state index contributed by atoms with van der Waals surface area (Å²) in [7, 11) is 0. The fourth-order valence-corrected chi connectivity index (χ4v) is 4.03. The number of nitrogens with zero attached hydrogens (tertiary/aromatic N) is 3. The summed E-state index contributed by atoms with van der Waals surface area (Å²) < 4.78 is 17.5. The van der Waals surface area contributed by atoms with Gasteiger partial charge in [0, 0.05) is 23.5 Å². The predicted octanol–water partition coefficient (Wildman–Crippen LogP) is 1.04. The number of unbranched alkanes of at least 4 members (excludes halogenated alkanes) is 2. The Morgan fingerprint density at radius 2 is 2.15 bits per heavy atom. The molecule has 0 bridgehead atoms. The number of rotatable bonds is 7. The van der Waals surface area contributed by atoms with Gasteiger partial charge in [0.15, 0.2) is 6.23 Å². The van der Waals surface area contributed by atoms with Crippen molar-refractivity contribution in [2.45, 2.75) is 57.1 Å². The minimum atomic E-state index is -1.76. The van der Waals surface area contributed by atoms with Crippen molar-refractivity contribution < 1.29 is 34.0 Å². The number of carbonyl (C=O) groups is 2. The van der Waals surface area contributed by atoms with E-state index in [1.54, 1.807) is 6.20 Å². The van der Waals surface area contributed by atoms with Gasteiger partial charge in [-0.15, -0.1) is 0 Å². The van der Waals surface area contributed by atoms with Crippen LogP contribution in [0.15, 0.2) is 18.6 Å². The number of aromatic nitrogens is 3. The lowest BCUT2D eigenvalue weighted by Gasteiger charge is -2.27. The van der Waals surface area contributed by atoms with Crippen molar-refractivity contribution in [1.29, 1.82) is 0 Å². The van der Waals surface area contributed by atoms with E-state index in [9.17, 15) is 19.8 Å². The molecule has 0 aromatic carbocycles. The first-order valence-electron chi connectivity index (χ1n) is 10.7. The highest BCUT2D eigenvalue weighted by molar-refractivity contribution is 6.13. The molecule has 1 fully saturated rings. The molecule has 2 aliphatic rings. The fraction of sp³-hybridized carbons (Fsp3) is 0.524. The minimum Gasteiger partial charge on any atom is -0.434 e. The van der Waals surface area contributed by atoms with Crippen LogP contribution in [0, 0.1) is 0 Å². The van der Waals surface area contributed by atoms with Crippen molar-refractivity contribution in [3.05, 3.63) is 24.2 Å². The molecule has 4 heterocycles. The molecule has 2 aliphatic heterocycles. The summed E-state index contributed by atoms with van der Waals surface area (Å²) in [4.78, 5) is 32.2. The normalized spacial score (nSPS) is 26.6. The van der Waals surface area contributed by atoms with Crippen LogP contribution in [-0.4, -0.2) is 67.8 Å². The maximum Gasteiger partial charge on any atom is 0.508 e. The average Bonchev–Trinajstić information content (AvgIpc) is 3.21. The van der Waals surface area contributed by atoms with Crippen molar-refractivity contribution in [3.8, 4) is 0 Å². The number of aliphatic hydroxyl groups is 2. The molecule has 0 saturated carbocycles. The molecule has 2 aromatic rings. The Balaban J connectivity index is 1.56. The van der Waals surface area contributed by atoms with Gasteiger partial charge in [-0.3, -0.25) is 4.79 Å². The molecule has 5 N–H and O–H groups in total. The van der Waals surface area contributed by atoms with Crippen molar-refractivity contribution >= 4 is 34.6 Å². The van der Waals surface area contributed by atoms with Gasteiger partial charge in [-0.2, -0.15) is 0 Å². The number of anilines is 1. The monoisotopic (exact) mass is 461 g/mol. The summed E-state index contributed by atoms with van der Waals surface area (Å²) in [5.74, 6) is -0.159. The molecule has 2 aromatic heterocycles. The first-order valence-corrected chi connectivity index (χ1v) is 10.7. The number of amides is 1. The van der Waals surface area contributed by atoms with Crippen LogP contribution < -0.4 is 11.1 Å². The van der Waals surface area contributed by atoms with Crippen LogP contribution in [0.25, 0.3) is 16.7 Å². The maximum atomic E-state index is 12.0. The Hall–Kier alpha value is -3.22. The summed E-state index contributed by atoms with van der Waals surface area (Å²) in [5.41, 5.74) is 5.31. The summed E-state index contributed by atoms with van der Waals surface area (Å²) in [6.07, 6.45) is 2.36. The Labute approximate surface area is 189 Å². The van der Waals surface area contributed by atoms with E-state index in [-0.39, 0.29) is 24.7 Å². The van der Waals surface area contributed by atoms with E-state index in [4.69, 9.17) is 19.9 Å². The summed E-state index contributed by atoms with van der Waals surface area (Å²) in [5, 5.41) is 24.9. The van der Waals surface area contributed by atoms with Gasteiger partial charge in [-0.1, -0.05) is 19.8 Å². The van der Waals surface area contributed by atoms with Gasteiger partial charge in [0.2, 0.25) is 0 Å². The molecule has 12 nitrogen and oxygen atoms in total. The number of hydrogen-bond acceptors (Lipinski definition) is 10. The van der Waals surface area contributed by atoms with Crippen LogP contribution in [0.3, 0.4) is 0 Å². The maximum absolute atomic E-state index is 12.0. The van der Waals surface area contributed by atoms with Gasteiger partial charge in [0.1, 0.15) is 42.2 Å². The molecule has 0 spiro atoms. The van der Waals surface area contributed by atoms with E-state index in [2.05, 4.69) is 15.3 Å². The number of hydrogen-bond donors (Lipinski definition) is 4. The molecule has 33 heavy (non-hydrogen) atoms. The highest BCUT2D eigenvalue weighted by atomic mass is 16.7. The number of nitrogens with two attached hydrogens (primary N) is 1. The van der Waals surface area contributed by atoms with Crippen LogP contribution in [0.1, 0.15) is 44.9 Å². The highest BCUT2D eigenvalue weighted by Gasteiger charge is 2.54. The Bertz CT molecular complexity index is 1100. The van der Waals surface area contributed by atoms with E-state index in [0.29, 0.717) is 16.6 Å². The number of ether oxygens (including phenoxy) is 3. The largest absolute Gasteiger partial charge is 0.508 e. The standard InChI is InChI=1S/C21H27N5O7/c1-3-4-5-6-31-20(29)32-9-13-16(28)21(2,30)19(33-13)26-8-11-12(22)7-14(27)25-17-15(11)18(26)24-10-23-17/h7-8,10,13,16,19,28,30H,3-6,9,22H2,1-2H3,(H,23,24,25,27)/t13-,16-,19-,21?/m1/s1. The van der Waals surface area contributed by atoms with Crippen LogP contribution in [0.2, 0.25) is 0 Å². The second kappa shape index (κ2) is 8.96. The third-order valence-electron chi connectivity index (χ3n) is 5.79. The molecule has 4 rings (SSSR count). The third-order valence-corrected chi connectivity index (χ3v) is 5.79. The van der Waals surface area contributed by atoms with Crippen molar-refractivity contribution in [2.24, 2.45) is 5.73 Å². The Morgan fingerprint density at radius 1 is 1.36 bits per heavy atom. The average molecular weight is 461 g/mol. The van der Waals surface area contributed by atoms with Gasteiger partial charge in [0.05, 0.1) is 12.0 Å². The first kappa shape index (κ1) is 23.0. The fourth-order valence-electron chi connectivity index (χ4n) is 4.03. The molecule has 1 unspecified atom stereocenters. The zero-order valence-corrected chi connectivity index (χ0v) is 18.4. The van der Waals surface area contributed by atoms with Gasteiger partial charge in [-0.05, 0) is 13.3 Å². The minimum absolute atomic E-state index is 0.189. The van der Waals surface area contributed by atoms with Crippen LogP contribution in [0.5, 0.6) is 0 Å². The third kappa shape index (κ3) is 4.24. The van der Waals surface area contributed by atoms with Crippen LogP contribution in [-0.2, 0) is 19.0 Å². The van der Waals surface area contributed by atoms with Crippen molar-refractivity contribution in [2.75, 3.05) is 18.5 Å². The first-order chi connectivity index (χ1) is 15.7.